The number of pyridine rings is 1. The summed E-state index contributed by atoms with van der Waals surface area (Å²) in [4.78, 5) is 12.4. The molecule has 0 aliphatic carbocycles. The van der Waals surface area contributed by atoms with Gasteiger partial charge in [0.1, 0.15) is 5.82 Å². The number of aryl methyl sites for hydroxylation is 1. The van der Waals surface area contributed by atoms with Crippen LogP contribution in [0.3, 0.4) is 0 Å². The van der Waals surface area contributed by atoms with E-state index in [1.165, 1.54) is 0 Å². The van der Waals surface area contributed by atoms with E-state index in [1.807, 2.05) is 43.3 Å². The van der Waals surface area contributed by atoms with E-state index in [0.717, 1.165) is 16.7 Å². The highest BCUT2D eigenvalue weighted by molar-refractivity contribution is 5.76. The molecule has 1 aromatic carbocycles. The van der Waals surface area contributed by atoms with Crippen molar-refractivity contribution in [3.63, 3.8) is 0 Å². The number of hydrogen-bond donors (Lipinski definition) is 2. The molecule has 0 aliphatic heterocycles. The maximum atomic E-state index is 6.02. The van der Waals surface area contributed by atoms with Gasteiger partial charge < -0.3 is 11.5 Å². The average Bonchev–Trinajstić information content (AvgIpc) is 2.55. The van der Waals surface area contributed by atoms with Crippen LogP contribution in [0.4, 0.5) is 11.8 Å². The SMILES string of the molecule is Cc1ccccc1-c1nc(N)nc(N)c1C#Cc1cccnc1. The molecular formula is C18H15N5. The van der Waals surface area contributed by atoms with Gasteiger partial charge in [-0.15, -0.1) is 0 Å². The fourth-order valence-corrected chi connectivity index (χ4v) is 2.22. The molecule has 5 heteroatoms. The summed E-state index contributed by atoms with van der Waals surface area (Å²) in [7, 11) is 0. The summed E-state index contributed by atoms with van der Waals surface area (Å²) in [6.45, 7) is 2.00. The molecule has 0 unspecified atom stereocenters. The number of rotatable bonds is 1. The highest BCUT2D eigenvalue weighted by Crippen LogP contribution is 2.27. The zero-order chi connectivity index (χ0) is 16.2. The summed E-state index contributed by atoms with van der Waals surface area (Å²) >= 11 is 0. The molecule has 0 aliphatic rings. The Labute approximate surface area is 134 Å². The van der Waals surface area contributed by atoms with Gasteiger partial charge in [0, 0.05) is 23.5 Å². The van der Waals surface area contributed by atoms with Crippen molar-refractivity contribution in [2.24, 2.45) is 0 Å². The molecule has 4 N–H and O–H groups in total. The van der Waals surface area contributed by atoms with Crippen molar-refractivity contribution in [2.45, 2.75) is 6.92 Å². The van der Waals surface area contributed by atoms with E-state index in [1.54, 1.807) is 12.4 Å². The second-order valence-electron chi connectivity index (χ2n) is 5.00. The smallest absolute Gasteiger partial charge is 0.222 e. The third-order valence-corrected chi connectivity index (χ3v) is 3.35. The standard InChI is InChI=1S/C18H15N5/c1-12-5-2-3-7-14(12)16-15(17(19)23-18(20)22-16)9-8-13-6-4-10-21-11-13/h2-7,10-11H,1H3,(H4,19,20,22,23). The lowest BCUT2D eigenvalue weighted by Crippen LogP contribution is -2.05. The van der Waals surface area contributed by atoms with Gasteiger partial charge in [0.25, 0.3) is 0 Å². The molecule has 0 radical (unpaired) electrons. The Balaban J connectivity index is 2.18. The van der Waals surface area contributed by atoms with Crippen molar-refractivity contribution in [3.05, 3.63) is 65.5 Å². The monoisotopic (exact) mass is 301 g/mol. The number of benzene rings is 1. The van der Waals surface area contributed by atoms with Gasteiger partial charge in [0.15, 0.2) is 0 Å². The predicted molar refractivity (Wildman–Crippen MR) is 91.2 cm³/mol. The van der Waals surface area contributed by atoms with Crippen LogP contribution in [0.1, 0.15) is 16.7 Å². The Hall–Kier alpha value is -3.39. The normalized spacial score (nSPS) is 9.96. The van der Waals surface area contributed by atoms with Crippen LogP contribution in [0.5, 0.6) is 0 Å². The number of aromatic nitrogens is 3. The molecule has 0 bridgehead atoms. The van der Waals surface area contributed by atoms with Crippen LogP contribution < -0.4 is 11.5 Å². The first-order valence-electron chi connectivity index (χ1n) is 7.06. The van der Waals surface area contributed by atoms with E-state index in [9.17, 15) is 0 Å². The van der Waals surface area contributed by atoms with Crippen molar-refractivity contribution >= 4 is 11.8 Å². The molecule has 2 heterocycles. The van der Waals surface area contributed by atoms with Gasteiger partial charge in [-0.05, 0) is 24.6 Å². The molecule has 3 rings (SSSR count). The third-order valence-electron chi connectivity index (χ3n) is 3.35. The third kappa shape index (κ3) is 3.11. The molecule has 23 heavy (non-hydrogen) atoms. The van der Waals surface area contributed by atoms with Crippen molar-refractivity contribution in [1.29, 1.82) is 0 Å². The highest BCUT2D eigenvalue weighted by Gasteiger charge is 2.13. The van der Waals surface area contributed by atoms with Gasteiger partial charge in [-0.3, -0.25) is 4.98 Å². The lowest BCUT2D eigenvalue weighted by atomic mass is 10.0. The molecule has 112 valence electrons. The minimum Gasteiger partial charge on any atom is -0.382 e. The number of hydrogen-bond acceptors (Lipinski definition) is 5. The molecule has 0 fully saturated rings. The summed E-state index contributed by atoms with van der Waals surface area (Å²) < 4.78 is 0. The van der Waals surface area contributed by atoms with E-state index in [0.29, 0.717) is 11.3 Å². The molecule has 0 amide bonds. The largest absolute Gasteiger partial charge is 0.382 e. The van der Waals surface area contributed by atoms with E-state index >= 15 is 0 Å². The van der Waals surface area contributed by atoms with Crippen LogP contribution in [-0.4, -0.2) is 15.0 Å². The molecule has 2 aromatic heterocycles. The summed E-state index contributed by atoms with van der Waals surface area (Å²) in [5.74, 6) is 6.50. The minimum absolute atomic E-state index is 0.132. The average molecular weight is 301 g/mol. The molecule has 5 nitrogen and oxygen atoms in total. The van der Waals surface area contributed by atoms with Crippen LogP contribution in [0, 0.1) is 18.8 Å². The Morgan fingerprint density at radius 1 is 0.957 bits per heavy atom. The molecule has 0 atom stereocenters. The highest BCUT2D eigenvalue weighted by atomic mass is 15.0. The number of nitrogens with two attached hydrogens (primary N) is 2. The van der Waals surface area contributed by atoms with E-state index in [-0.39, 0.29) is 11.8 Å². The first-order valence-corrected chi connectivity index (χ1v) is 7.06. The van der Waals surface area contributed by atoms with Crippen molar-refractivity contribution in [1.82, 2.24) is 15.0 Å². The molecular weight excluding hydrogens is 286 g/mol. The van der Waals surface area contributed by atoms with Gasteiger partial charge in [0.05, 0.1) is 11.3 Å². The van der Waals surface area contributed by atoms with Crippen LogP contribution in [0.2, 0.25) is 0 Å². The van der Waals surface area contributed by atoms with Gasteiger partial charge in [0.2, 0.25) is 5.95 Å². The Morgan fingerprint density at radius 2 is 1.78 bits per heavy atom. The van der Waals surface area contributed by atoms with E-state index in [4.69, 9.17) is 11.5 Å². The van der Waals surface area contributed by atoms with Crippen molar-refractivity contribution < 1.29 is 0 Å². The van der Waals surface area contributed by atoms with Crippen molar-refractivity contribution in [2.75, 3.05) is 11.5 Å². The summed E-state index contributed by atoms with van der Waals surface area (Å²) in [6.07, 6.45) is 3.39. The fraction of sp³-hybridized carbons (Fsp3) is 0.0556. The maximum absolute atomic E-state index is 6.02. The summed E-state index contributed by atoms with van der Waals surface area (Å²) in [6, 6.07) is 11.6. The van der Waals surface area contributed by atoms with E-state index < -0.39 is 0 Å². The quantitative estimate of drug-likeness (QED) is 0.674. The van der Waals surface area contributed by atoms with Crippen LogP contribution in [0.25, 0.3) is 11.3 Å². The Morgan fingerprint density at radius 3 is 2.52 bits per heavy atom. The Bertz CT molecular complexity index is 908. The first kappa shape index (κ1) is 14.5. The molecule has 3 aromatic rings. The zero-order valence-corrected chi connectivity index (χ0v) is 12.6. The fourth-order valence-electron chi connectivity index (χ4n) is 2.22. The summed E-state index contributed by atoms with van der Waals surface area (Å²) in [5.41, 5.74) is 15.8. The minimum atomic E-state index is 0.132. The van der Waals surface area contributed by atoms with E-state index in [2.05, 4.69) is 26.8 Å². The predicted octanol–water partition coefficient (Wildman–Crippen LogP) is 2.41. The van der Waals surface area contributed by atoms with Gasteiger partial charge in [-0.25, -0.2) is 4.98 Å². The van der Waals surface area contributed by atoms with Gasteiger partial charge >= 0.3 is 0 Å². The molecule has 0 saturated heterocycles. The lowest BCUT2D eigenvalue weighted by molar-refractivity contribution is 1.18. The Kier molecular flexibility index (Phi) is 3.89. The molecule has 0 spiro atoms. The second-order valence-corrected chi connectivity index (χ2v) is 5.00. The maximum Gasteiger partial charge on any atom is 0.222 e. The molecule has 0 saturated carbocycles. The number of nitrogen functional groups attached to an aromatic ring is 2. The van der Waals surface area contributed by atoms with Crippen LogP contribution in [-0.2, 0) is 0 Å². The first-order chi connectivity index (χ1) is 11.1. The number of anilines is 2. The second kappa shape index (κ2) is 6.16. The topological polar surface area (TPSA) is 90.7 Å². The number of nitrogens with zero attached hydrogens (tertiary/aromatic N) is 3. The lowest BCUT2D eigenvalue weighted by Gasteiger charge is -2.09. The van der Waals surface area contributed by atoms with Crippen molar-refractivity contribution in [3.8, 4) is 23.1 Å². The zero-order valence-electron chi connectivity index (χ0n) is 12.6. The van der Waals surface area contributed by atoms with Gasteiger partial charge in [-0.1, -0.05) is 36.1 Å². The van der Waals surface area contributed by atoms with Crippen LogP contribution in [0.15, 0.2) is 48.8 Å². The van der Waals surface area contributed by atoms with Crippen LogP contribution >= 0.6 is 0 Å². The summed E-state index contributed by atoms with van der Waals surface area (Å²) in [5, 5.41) is 0. The van der Waals surface area contributed by atoms with Gasteiger partial charge in [-0.2, -0.15) is 4.98 Å².